The Bertz CT molecular complexity index is 895. The summed E-state index contributed by atoms with van der Waals surface area (Å²) >= 11 is 6.30. The minimum absolute atomic E-state index is 0.0516. The first-order chi connectivity index (χ1) is 14.0. The molecule has 0 saturated carbocycles. The van der Waals surface area contributed by atoms with E-state index >= 15 is 0 Å². The Hall–Kier alpha value is -2.24. The number of halogens is 1. The third-order valence-electron chi connectivity index (χ3n) is 6.06. The zero-order valence-corrected chi connectivity index (χ0v) is 17.4. The monoisotopic (exact) mass is 415 g/mol. The van der Waals surface area contributed by atoms with Crippen molar-refractivity contribution in [3.05, 3.63) is 58.1 Å². The maximum atomic E-state index is 10.9. The highest BCUT2D eigenvalue weighted by atomic mass is 35.5. The number of carboxylic acids is 1. The first kappa shape index (κ1) is 20.0. The van der Waals surface area contributed by atoms with Crippen LogP contribution in [0, 0.1) is 6.92 Å². The number of carboxylic acid groups (broad SMARTS) is 1. The zero-order valence-electron chi connectivity index (χ0n) is 16.6. The van der Waals surface area contributed by atoms with Crippen molar-refractivity contribution in [1.82, 2.24) is 4.90 Å². The van der Waals surface area contributed by atoms with Crippen LogP contribution in [0.3, 0.4) is 0 Å². The molecule has 5 nitrogen and oxygen atoms in total. The summed E-state index contributed by atoms with van der Waals surface area (Å²) < 4.78 is 12.1. The molecule has 1 spiro atoms. The Morgan fingerprint density at radius 2 is 2.21 bits per heavy atom. The first-order valence-electron chi connectivity index (χ1n) is 10.1. The minimum Gasteiger partial charge on any atom is -0.492 e. The van der Waals surface area contributed by atoms with Gasteiger partial charge in [-0.15, -0.1) is 0 Å². The fourth-order valence-corrected chi connectivity index (χ4v) is 4.73. The number of hydrogen-bond donors (Lipinski definition) is 1. The lowest BCUT2D eigenvalue weighted by molar-refractivity contribution is -0.137. The predicted molar refractivity (Wildman–Crippen MR) is 112 cm³/mol. The molecule has 0 radical (unpaired) electrons. The SMILES string of the molecule is Cc1cccc(Cl)c1COc1ccc2c(c1)OCC21CCCN(CCC(=O)O)C1. The Labute approximate surface area is 176 Å². The highest BCUT2D eigenvalue weighted by Gasteiger charge is 2.43. The van der Waals surface area contributed by atoms with Gasteiger partial charge in [0.25, 0.3) is 0 Å². The summed E-state index contributed by atoms with van der Waals surface area (Å²) in [4.78, 5) is 13.2. The molecule has 1 atom stereocenters. The van der Waals surface area contributed by atoms with Gasteiger partial charge in [-0.3, -0.25) is 4.79 Å². The van der Waals surface area contributed by atoms with Crippen molar-refractivity contribution in [2.45, 2.75) is 38.2 Å². The first-order valence-corrected chi connectivity index (χ1v) is 10.4. The molecule has 0 bridgehead atoms. The van der Waals surface area contributed by atoms with Crippen LogP contribution in [0.5, 0.6) is 11.5 Å². The number of carbonyl (C=O) groups is 1. The van der Waals surface area contributed by atoms with E-state index in [4.69, 9.17) is 26.2 Å². The molecule has 2 aliphatic rings. The van der Waals surface area contributed by atoms with Crippen LogP contribution in [0.25, 0.3) is 0 Å². The summed E-state index contributed by atoms with van der Waals surface area (Å²) in [6.07, 6.45) is 2.28. The van der Waals surface area contributed by atoms with Crippen LogP contribution in [0.1, 0.15) is 36.0 Å². The normalized spacial score (nSPS) is 21.0. The molecular formula is C23H26ClNO4. The Kier molecular flexibility index (Phi) is 5.70. The van der Waals surface area contributed by atoms with Crippen molar-refractivity contribution in [2.24, 2.45) is 0 Å². The third-order valence-corrected chi connectivity index (χ3v) is 6.42. The molecule has 154 valence electrons. The van der Waals surface area contributed by atoms with E-state index in [0.29, 0.717) is 24.8 Å². The second-order valence-corrected chi connectivity index (χ2v) is 8.48. The van der Waals surface area contributed by atoms with Crippen molar-refractivity contribution in [3.8, 4) is 11.5 Å². The number of benzene rings is 2. The number of aryl methyl sites for hydroxylation is 1. The van der Waals surface area contributed by atoms with Crippen LogP contribution in [0.4, 0.5) is 0 Å². The molecule has 0 amide bonds. The molecule has 4 rings (SSSR count). The average molecular weight is 416 g/mol. The Balaban J connectivity index is 1.47. The molecule has 1 fully saturated rings. The van der Waals surface area contributed by atoms with Crippen molar-refractivity contribution < 1.29 is 19.4 Å². The predicted octanol–water partition coefficient (Wildman–Crippen LogP) is 4.43. The van der Waals surface area contributed by atoms with Gasteiger partial charge >= 0.3 is 5.97 Å². The summed E-state index contributed by atoms with van der Waals surface area (Å²) in [5.74, 6) is 0.889. The van der Waals surface area contributed by atoms with Crippen LogP contribution in [0.15, 0.2) is 36.4 Å². The molecular weight excluding hydrogens is 390 g/mol. The van der Waals surface area contributed by atoms with Gasteiger partial charge in [-0.2, -0.15) is 0 Å². The summed E-state index contributed by atoms with van der Waals surface area (Å²) in [6, 6.07) is 11.9. The van der Waals surface area contributed by atoms with Gasteiger partial charge < -0.3 is 19.5 Å². The number of likely N-dealkylation sites (tertiary alicyclic amines) is 1. The van der Waals surface area contributed by atoms with Gasteiger partial charge in [0.1, 0.15) is 18.1 Å². The van der Waals surface area contributed by atoms with Crippen molar-refractivity contribution >= 4 is 17.6 Å². The van der Waals surface area contributed by atoms with Crippen LogP contribution in [-0.2, 0) is 16.8 Å². The summed E-state index contributed by atoms with van der Waals surface area (Å²) in [5.41, 5.74) is 3.26. The smallest absolute Gasteiger partial charge is 0.304 e. The molecule has 2 heterocycles. The van der Waals surface area contributed by atoms with Gasteiger partial charge in [0, 0.05) is 40.7 Å². The number of rotatable bonds is 6. The lowest BCUT2D eigenvalue weighted by atomic mass is 9.75. The largest absolute Gasteiger partial charge is 0.492 e. The van der Waals surface area contributed by atoms with E-state index in [-0.39, 0.29) is 11.8 Å². The lowest BCUT2D eigenvalue weighted by Gasteiger charge is -2.39. The third kappa shape index (κ3) is 4.21. The number of fused-ring (bicyclic) bond motifs is 2. The van der Waals surface area contributed by atoms with Gasteiger partial charge in [0.15, 0.2) is 0 Å². The number of aliphatic carboxylic acids is 1. The number of ether oxygens (including phenoxy) is 2. The Morgan fingerprint density at radius 1 is 1.34 bits per heavy atom. The second kappa shape index (κ2) is 8.25. The fourth-order valence-electron chi connectivity index (χ4n) is 4.46. The molecule has 1 saturated heterocycles. The zero-order chi connectivity index (χ0) is 20.4. The standard InChI is InChI=1S/C23H26ClNO4/c1-16-4-2-5-20(24)18(16)13-28-17-6-7-19-21(12-17)29-15-23(19)9-3-10-25(14-23)11-8-22(26)27/h2,4-7,12H,3,8-11,13-15H2,1H3,(H,26,27). The van der Waals surface area contributed by atoms with Crippen molar-refractivity contribution in [1.29, 1.82) is 0 Å². The second-order valence-electron chi connectivity index (χ2n) is 8.07. The topological polar surface area (TPSA) is 59.0 Å². The van der Waals surface area contributed by atoms with Gasteiger partial charge in [-0.05, 0) is 44.0 Å². The molecule has 1 N–H and O–H groups in total. The highest BCUT2D eigenvalue weighted by Crippen LogP contribution is 2.45. The number of piperidine rings is 1. The van der Waals surface area contributed by atoms with E-state index < -0.39 is 5.97 Å². The molecule has 0 aliphatic carbocycles. The molecule has 2 aromatic carbocycles. The van der Waals surface area contributed by atoms with E-state index in [9.17, 15) is 4.79 Å². The van der Waals surface area contributed by atoms with E-state index in [1.807, 2.05) is 37.3 Å². The molecule has 2 aliphatic heterocycles. The summed E-state index contributed by atoms with van der Waals surface area (Å²) in [5, 5.41) is 9.70. The van der Waals surface area contributed by atoms with Gasteiger partial charge in [-0.1, -0.05) is 29.8 Å². The van der Waals surface area contributed by atoms with Gasteiger partial charge in [-0.25, -0.2) is 0 Å². The summed E-state index contributed by atoms with van der Waals surface area (Å²) in [7, 11) is 0. The Morgan fingerprint density at radius 3 is 3.00 bits per heavy atom. The van der Waals surface area contributed by atoms with Crippen LogP contribution in [-0.4, -0.2) is 42.2 Å². The van der Waals surface area contributed by atoms with Crippen LogP contribution in [0.2, 0.25) is 5.02 Å². The average Bonchev–Trinajstić information content (AvgIpc) is 3.03. The van der Waals surface area contributed by atoms with Crippen molar-refractivity contribution in [3.63, 3.8) is 0 Å². The van der Waals surface area contributed by atoms with Crippen LogP contribution < -0.4 is 9.47 Å². The maximum Gasteiger partial charge on any atom is 0.304 e. The number of nitrogens with zero attached hydrogens (tertiary/aromatic N) is 1. The molecule has 6 heteroatoms. The highest BCUT2D eigenvalue weighted by molar-refractivity contribution is 6.31. The van der Waals surface area contributed by atoms with E-state index in [1.54, 1.807) is 0 Å². The van der Waals surface area contributed by atoms with Gasteiger partial charge in [0.05, 0.1) is 13.0 Å². The molecule has 1 unspecified atom stereocenters. The molecule has 2 aromatic rings. The molecule has 29 heavy (non-hydrogen) atoms. The van der Waals surface area contributed by atoms with E-state index in [1.165, 1.54) is 5.56 Å². The van der Waals surface area contributed by atoms with E-state index in [2.05, 4.69) is 11.0 Å². The lowest BCUT2D eigenvalue weighted by Crippen LogP contribution is -2.47. The quantitative estimate of drug-likeness (QED) is 0.756. The maximum absolute atomic E-state index is 10.9. The minimum atomic E-state index is -0.747. The van der Waals surface area contributed by atoms with Crippen LogP contribution >= 0.6 is 11.6 Å². The summed E-state index contributed by atoms with van der Waals surface area (Å²) in [6.45, 7) is 5.45. The fraction of sp³-hybridized carbons (Fsp3) is 0.435. The molecule has 0 aromatic heterocycles. The van der Waals surface area contributed by atoms with E-state index in [0.717, 1.165) is 48.6 Å². The number of hydrogen-bond acceptors (Lipinski definition) is 4. The van der Waals surface area contributed by atoms with Gasteiger partial charge in [0.2, 0.25) is 0 Å². The van der Waals surface area contributed by atoms with Crippen molar-refractivity contribution in [2.75, 3.05) is 26.2 Å².